The molecule has 2 rings (SSSR count). The third-order valence-electron chi connectivity index (χ3n) is 3.04. The smallest absolute Gasteiger partial charge is 0.336 e. The van der Waals surface area contributed by atoms with Gasteiger partial charge in [-0.05, 0) is 38.1 Å². The van der Waals surface area contributed by atoms with Gasteiger partial charge in [-0.2, -0.15) is 0 Å². The van der Waals surface area contributed by atoms with Gasteiger partial charge in [0.05, 0.1) is 11.1 Å². The van der Waals surface area contributed by atoms with Crippen LogP contribution in [0.15, 0.2) is 30.3 Å². The molecule has 1 heterocycles. The number of fused-ring (bicyclic) bond motifs is 1. The number of pyridine rings is 1. The molecule has 0 amide bonds. The minimum Gasteiger partial charge on any atom is -0.478 e. The summed E-state index contributed by atoms with van der Waals surface area (Å²) in [6.07, 6.45) is 0. The van der Waals surface area contributed by atoms with Crippen LogP contribution in [-0.4, -0.2) is 29.1 Å². The van der Waals surface area contributed by atoms with Crippen molar-refractivity contribution in [3.8, 4) is 0 Å². The van der Waals surface area contributed by atoms with Gasteiger partial charge in [0.15, 0.2) is 0 Å². The topological polar surface area (TPSA) is 53.4 Å². The molecule has 0 spiro atoms. The highest BCUT2D eigenvalue weighted by Gasteiger charge is 2.10. The highest BCUT2D eigenvalue weighted by molar-refractivity contribution is 6.02. The zero-order valence-corrected chi connectivity index (χ0v) is 10.6. The molecule has 0 aliphatic heterocycles. The zero-order valence-electron chi connectivity index (χ0n) is 10.6. The van der Waals surface area contributed by atoms with Gasteiger partial charge in [-0.1, -0.05) is 6.07 Å². The average Bonchev–Trinajstić information content (AvgIpc) is 2.39. The molecule has 4 heteroatoms. The quantitative estimate of drug-likeness (QED) is 0.898. The molecule has 0 aliphatic rings. The lowest BCUT2D eigenvalue weighted by Gasteiger charge is -2.20. The van der Waals surface area contributed by atoms with E-state index in [1.165, 1.54) is 0 Å². The van der Waals surface area contributed by atoms with E-state index < -0.39 is 5.97 Å². The van der Waals surface area contributed by atoms with Crippen molar-refractivity contribution in [1.29, 1.82) is 0 Å². The number of carboxylic acid groups (broad SMARTS) is 1. The number of carboxylic acids is 1. The van der Waals surface area contributed by atoms with Gasteiger partial charge in [-0.25, -0.2) is 9.78 Å². The number of anilines is 1. The Labute approximate surface area is 106 Å². The van der Waals surface area contributed by atoms with Crippen LogP contribution < -0.4 is 4.90 Å². The summed E-state index contributed by atoms with van der Waals surface area (Å²) in [6, 6.07) is 8.88. The molecule has 1 N–H and O–H groups in total. The Hall–Kier alpha value is -2.10. The predicted molar refractivity (Wildman–Crippen MR) is 72.3 cm³/mol. The highest BCUT2D eigenvalue weighted by atomic mass is 16.4. The van der Waals surface area contributed by atoms with Crippen molar-refractivity contribution < 1.29 is 9.90 Å². The minimum absolute atomic E-state index is 0.297. The van der Waals surface area contributed by atoms with Gasteiger partial charge in [-0.3, -0.25) is 0 Å². The number of hydrogen-bond donors (Lipinski definition) is 1. The van der Waals surface area contributed by atoms with Crippen LogP contribution in [0.5, 0.6) is 0 Å². The van der Waals surface area contributed by atoms with Gasteiger partial charge < -0.3 is 10.0 Å². The Morgan fingerprint density at radius 2 is 1.94 bits per heavy atom. The van der Waals surface area contributed by atoms with Crippen molar-refractivity contribution in [3.05, 3.63) is 35.9 Å². The van der Waals surface area contributed by atoms with Crippen LogP contribution in [0, 0.1) is 0 Å². The molecule has 18 heavy (non-hydrogen) atoms. The second-order valence-corrected chi connectivity index (χ2v) is 4.02. The number of rotatable bonds is 4. The van der Waals surface area contributed by atoms with Gasteiger partial charge >= 0.3 is 5.97 Å². The molecule has 2 aromatic rings. The summed E-state index contributed by atoms with van der Waals surface area (Å²) >= 11 is 0. The van der Waals surface area contributed by atoms with Crippen molar-refractivity contribution in [2.45, 2.75) is 13.8 Å². The number of benzene rings is 1. The Morgan fingerprint density at radius 3 is 2.56 bits per heavy atom. The summed E-state index contributed by atoms with van der Waals surface area (Å²) in [5.41, 5.74) is 1.02. The molecule has 0 atom stereocenters. The molecule has 1 aromatic heterocycles. The van der Waals surface area contributed by atoms with Crippen LogP contribution in [0.2, 0.25) is 0 Å². The summed E-state index contributed by atoms with van der Waals surface area (Å²) in [5, 5.41) is 9.80. The van der Waals surface area contributed by atoms with Crippen molar-refractivity contribution in [1.82, 2.24) is 4.98 Å². The highest BCUT2D eigenvalue weighted by Crippen LogP contribution is 2.21. The molecule has 0 radical (unpaired) electrons. The Bertz CT molecular complexity index is 577. The molecule has 1 aromatic carbocycles. The maximum absolute atomic E-state index is 11.1. The summed E-state index contributed by atoms with van der Waals surface area (Å²) in [6.45, 7) is 5.91. The summed E-state index contributed by atoms with van der Waals surface area (Å²) in [7, 11) is 0. The Balaban J connectivity index is 2.56. The first-order chi connectivity index (χ1) is 8.67. The van der Waals surface area contributed by atoms with E-state index in [1.807, 2.05) is 18.2 Å². The normalized spacial score (nSPS) is 10.6. The lowest BCUT2D eigenvalue weighted by atomic mass is 10.1. The first-order valence-corrected chi connectivity index (χ1v) is 6.05. The SMILES string of the molecule is CCN(CC)c1ccc2c(C(=O)O)cccc2n1. The van der Waals surface area contributed by atoms with Crippen LogP contribution in [0.3, 0.4) is 0 Å². The van der Waals surface area contributed by atoms with Crippen LogP contribution in [0.25, 0.3) is 10.9 Å². The number of carbonyl (C=O) groups is 1. The third-order valence-corrected chi connectivity index (χ3v) is 3.04. The van der Waals surface area contributed by atoms with E-state index in [1.54, 1.807) is 12.1 Å². The lowest BCUT2D eigenvalue weighted by molar-refractivity contribution is 0.0699. The molecule has 0 bridgehead atoms. The monoisotopic (exact) mass is 244 g/mol. The van der Waals surface area contributed by atoms with Gasteiger partial charge in [0.25, 0.3) is 0 Å². The van der Waals surface area contributed by atoms with E-state index in [2.05, 4.69) is 23.7 Å². The van der Waals surface area contributed by atoms with E-state index in [0.29, 0.717) is 10.9 Å². The van der Waals surface area contributed by atoms with Gasteiger partial charge in [0.1, 0.15) is 5.82 Å². The van der Waals surface area contributed by atoms with E-state index in [9.17, 15) is 4.79 Å². The molecule has 0 fully saturated rings. The Kier molecular flexibility index (Phi) is 3.46. The van der Waals surface area contributed by atoms with Crippen LogP contribution >= 0.6 is 0 Å². The fourth-order valence-corrected chi connectivity index (χ4v) is 2.05. The summed E-state index contributed by atoms with van der Waals surface area (Å²) in [4.78, 5) is 17.8. The van der Waals surface area contributed by atoms with Crippen LogP contribution in [-0.2, 0) is 0 Å². The van der Waals surface area contributed by atoms with Crippen molar-refractivity contribution in [2.75, 3.05) is 18.0 Å². The molecule has 4 nitrogen and oxygen atoms in total. The van der Waals surface area contributed by atoms with Crippen molar-refractivity contribution in [2.24, 2.45) is 0 Å². The minimum atomic E-state index is -0.919. The standard InChI is InChI=1S/C14H16N2O2/c1-3-16(4-2)13-9-8-10-11(14(17)18)6-5-7-12(10)15-13/h5-9H,3-4H2,1-2H3,(H,17,18). The number of aromatic nitrogens is 1. The molecule has 0 aliphatic carbocycles. The molecule has 0 saturated heterocycles. The molecule has 0 saturated carbocycles. The number of hydrogen-bond acceptors (Lipinski definition) is 3. The fourth-order valence-electron chi connectivity index (χ4n) is 2.05. The first kappa shape index (κ1) is 12.4. The van der Waals surface area contributed by atoms with Gasteiger partial charge in [0.2, 0.25) is 0 Å². The first-order valence-electron chi connectivity index (χ1n) is 6.05. The van der Waals surface area contributed by atoms with Crippen LogP contribution in [0.1, 0.15) is 24.2 Å². The molecule has 94 valence electrons. The summed E-state index contributed by atoms with van der Waals surface area (Å²) < 4.78 is 0. The maximum atomic E-state index is 11.1. The molecular weight excluding hydrogens is 228 g/mol. The third kappa shape index (κ3) is 2.14. The second-order valence-electron chi connectivity index (χ2n) is 4.02. The van der Waals surface area contributed by atoms with Gasteiger partial charge in [-0.15, -0.1) is 0 Å². The largest absolute Gasteiger partial charge is 0.478 e. The lowest BCUT2D eigenvalue weighted by Crippen LogP contribution is -2.22. The number of nitrogens with zero attached hydrogens (tertiary/aromatic N) is 2. The van der Waals surface area contributed by atoms with E-state index in [-0.39, 0.29) is 0 Å². The Morgan fingerprint density at radius 1 is 1.22 bits per heavy atom. The number of aromatic carboxylic acids is 1. The van der Waals surface area contributed by atoms with Gasteiger partial charge in [0, 0.05) is 18.5 Å². The molecular formula is C14H16N2O2. The summed E-state index contributed by atoms with van der Waals surface area (Å²) in [5.74, 6) is -0.0342. The maximum Gasteiger partial charge on any atom is 0.336 e. The van der Waals surface area contributed by atoms with E-state index in [4.69, 9.17) is 5.11 Å². The fraction of sp³-hybridized carbons (Fsp3) is 0.286. The van der Waals surface area contributed by atoms with E-state index >= 15 is 0 Å². The van der Waals surface area contributed by atoms with Crippen molar-refractivity contribution in [3.63, 3.8) is 0 Å². The zero-order chi connectivity index (χ0) is 13.1. The van der Waals surface area contributed by atoms with Crippen LogP contribution in [0.4, 0.5) is 5.82 Å². The van der Waals surface area contributed by atoms with Crippen molar-refractivity contribution >= 4 is 22.7 Å². The average molecular weight is 244 g/mol. The second kappa shape index (κ2) is 5.04. The molecule has 0 unspecified atom stereocenters. The van der Waals surface area contributed by atoms with E-state index in [0.717, 1.165) is 24.4 Å². The predicted octanol–water partition coefficient (Wildman–Crippen LogP) is 2.78.